The fraction of sp³-hybridized carbons (Fsp3) is 0.364. The Hall–Kier alpha value is -1.05. The Morgan fingerprint density at radius 3 is 2.93 bits per heavy atom. The summed E-state index contributed by atoms with van der Waals surface area (Å²) in [7, 11) is 0. The second-order valence-electron chi connectivity index (χ2n) is 3.32. The van der Waals surface area contributed by atoms with Crippen molar-refractivity contribution in [2.45, 2.75) is 19.4 Å². The number of nitrogens with two attached hydrogens (primary N) is 1. The predicted octanol–water partition coefficient (Wildman–Crippen LogP) is 2.47. The van der Waals surface area contributed by atoms with Crippen molar-refractivity contribution in [1.29, 1.82) is 5.26 Å². The maximum absolute atomic E-state index is 8.97. The van der Waals surface area contributed by atoms with E-state index < -0.39 is 0 Å². The van der Waals surface area contributed by atoms with Crippen molar-refractivity contribution in [3.05, 3.63) is 28.2 Å². The summed E-state index contributed by atoms with van der Waals surface area (Å²) in [5.41, 5.74) is 7.25. The lowest BCUT2D eigenvalue weighted by Gasteiger charge is -2.13. The van der Waals surface area contributed by atoms with Gasteiger partial charge in [-0.3, -0.25) is 0 Å². The fourth-order valence-corrected chi connectivity index (χ4v) is 1.63. The molecule has 0 aliphatic carbocycles. The molecule has 0 amide bonds. The van der Waals surface area contributed by atoms with Gasteiger partial charge in [0.25, 0.3) is 0 Å². The number of nitriles is 1. The topological polar surface area (TPSA) is 61.8 Å². The van der Waals surface area contributed by atoms with Crippen LogP contribution in [-0.4, -0.2) is 12.6 Å². The third kappa shape index (κ3) is 3.22. The average Bonchev–Trinajstić information content (AvgIpc) is 2.25. The van der Waals surface area contributed by atoms with Crippen molar-refractivity contribution in [3.8, 4) is 6.07 Å². The van der Waals surface area contributed by atoms with E-state index in [1.807, 2.05) is 25.1 Å². The summed E-state index contributed by atoms with van der Waals surface area (Å²) < 4.78 is 0.806. The van der Waals surface area contributed by atoms with Gasteiger partial charge in [0.2, 0.25) is 0 Å². The average molecular weight is 268 g/mol. The molecule has 1 rings (SSSR count). The second-order valence-corrected chi connectivity index (χ2v) is 4.18. The molecule has 1 unspecified atom stereocenters. The van der Waals surface area contributed by atoms with E-state index in [9.17, 15) is 0 Å². The Morgan fingerprint density at radius 2 is 2.33 bits per heavy atom. The highest BCUT2D eigenvalue weighted by Crippen LogP contribution is 2.23. The van der Waals surface area contributed by atoms with Gasteiger partial charge in [0.1, 0.15) is 6.07 Å². The maximum Gasteiger partial charge on any atom is 0.103 e. The van der Waals surface area contributed by atoms with E-state index in [0.717, 1.165) is 16.6 Å². The zero-order chi connectivity index (χ0) is 11.3. The van der Waals surface area contributed by atoms with Crippen LogP contribution in [0.4, 0.5) is 5.69 Å². The van der Waals surface area contributed by atoms with E-state index in [-0.39, 0.29) is 6.04 Å². The highest BCUT2D eigenvalue weighted by atomic mass is 79.9. The van der Waals surface area contributed by atoms with Crippen LogP contribution in [0.1, 0.15) is 18.9 Å². The SMILES string of the molecule is CCC(N)CNc1cccc(Br)c1C#N. The lowest BCUT2D eigenvalue weighted by molar-refractivity contribution is 0.679. The standard InChI is InChI=1S/C11H14BrN3/c1-2-8(14)7-15-11-5-3-4-10(12)9(11)6-13/h3-5,8,15H,2,7,14H2,1H3. The Bertz CT molecular complexity index is 371. The van der Waals surface area contributed by atoms with Crippen LogP contribution >= 0.6 is 15.9 Å². The van der Waals surface area contributed by atoms with Gasteiger partial charge in [-0.15, -0.1) is 0 Å². The largest absolute Gasteiger partial charge is 0.382 e. The molecule has 15 heavy (non-hydrogen) atoms. The molecule has 0 saturated carbocycles. The van der Waals surface area contributed by atoms with Crippen molar-refractivity contribution in [2.75, 3.05) is 11.9 Å². The van der Waals surface area contributed by atoms with Crippen LogP contribution in [0.15, 0.2) is 22.7 Å². The molecule has 4 heteroatoms. The van der Waals surface area contributed by atoms with Gasteiger partial charge in [-0.05, 0) is 34.5 Å². The van der Waals surface area contributed by atoms with Crippen LogP contribution in [0.25, 0.3) is 0 Å². The molecule has 0 radical (unpaired) electrons. The first kappa shape index (κ1) is 12.0. The third-order valence-electron chi connectivity index (χ3n) is 2.20. The molecular formula is C11H14BrN3. The summed E-state index contributed by atoms with van der Waals surface area (Å²) in [6, 6.07) is 7.90. The molecule has 80 valence electrons. The monoisotopic (exact) mass is 267 g/mol. The minimum Gasteiger partial charge on any atom is -0.382 e. The molecule has 0 heterocycles. The first-order valence-corrected chi connectivity index (χ1v) is 5.66. The third-order valence-corrected chi connectivity index (χ3v) is 2.87. The van der Waals surface area contributed by atoms with E-state index in [1.165, 1.54) is 0 Å². The molecule has 0 aliphatic heterocycles. The number of benzene rings is 1. The van der Waals surface area contributed by atoms with Crippen LogP contribution < -0.4 is 11.1 Å². The first-order valence-electron chi connectivity index (χ1n) is 4.87. The molecule has 0 aromatic heterocycles. The molecule has 1 aromatic carbocycles. The van der Waals surface area contributed by atoms with E-state index in [4.69, 9.17) is 11.0 Å². The van der Waals surface area contributed by atoms with Gasteiger partial charge < -0.3 is 11.1 Å². The van der Waals surface area contributed by atoms with Crippen LogP contribution in [0.2, 0.25) is 0 Å². The minimum absolute atomic E-state index is 0.121. The zero-order valence-electron chi connectivity index (χ0n) is 8.63. The normalized spacial score (nSPS) is 11.9. The fourth-order valence-electron chi connectivity index (χ4n) is 1.17. The van der Waals surface area contributed by atoms with E-state index in [1.54, 1.807) is 0 Å². The molecule has 0 aliphatic rings. The summed E-state index contributed by atoms with van der Waals surface area (Å²) in [5.74, 6) is 0. The lowest BCUT2D eigenvalue weighted by atomic mass is 10.2. The lowest BCUT2D eigenvalue weighted by Crippen LogP contribution is -2.28. The molecule has 0 fully saturated rings. The molecule has 1 aromatic rings. The Balaban J connectivity index is 2.77. The second kappa shape index (κ2) is 5.74. The Kier molecular flexibility index (Phi) is 4.60. The molecule has 0 bridgehead atoms. The summed E-state index contributed by atoms with van der Waals surface area (Å²) in [6.07, 6.45) is 0.920. The number of nitrogens with one attached hydrogen (secondary N) is 1. The van der Waals surface area contributed by atoms with Crippen LogP contribution in [0.3, 0.4) is 0 Å². The highest BCUT2D eigenvalue weighted by Gasteiger charge is 2.06. The van der Waals surface area contributed by atoms with Crippen molar-refractivity contribution < 1.29 is 0 Å². The molecule has 3 nitrogen and oxygen atoms in total. The number of rotatable bonds is 4. The highest BCUT2D eigenvalue weighted by molar-refractivity contribution is 9.10. The van der Waals surface area contributed by atoms with Gasteiger partial charge in [0, 0.05) is 17.1 Å². The Morgan fingerprint density at radius 1 is 1.60 bits per heavy atom. The van der Waals surface area contributed by atoms with Crippen LogP contribution in [0, 0.1) is 11.3 Å². The predicted molar refractivity (Wildman–Crippen MR) is 65.6 cm³/mol. The maximum atomic E-state index is 8.97. The zero-order valence-corrected chi connectivity index (χ0v) is 10.2. The summed E-state index contributed by atoms with van der Waals surface area (Å²) in [4.78, 5) is 0. The number of hydrogen-bond acceptors (Lipinski definition) is 3. The van der Waals surface area contributed by atoms with E-state index >= 15 is 0 Å². The van der Waals surface area contributed by atoms with E-state index in [2.05, 4.69) is 27.3 Å². The molecule has 0 saturated heterocycles. The minimum atomic E-state index is 0.121. The van der Waals surface area contributed by atoms with Gasteiger partial charge in [0.05, 0.1) is 11.3 Å². The molecule has 1 atom stereocenters. The van der Waals surface area contributed by atoms with Gasteiger partial charge in [0.15, 0.2) is 0 Å². The Labute approximate surface area is 98.4 Å². The van der Waals surface area contributed by atoms with Gasteiger partial charge in [-0.1, -0.05) is 13.0 Å². The number of nitrogens with zero attached hydrogens (tertiary/aromatic N) is 1. The molecular weight excluding hydrogens is 254 g/mol. The van der Waals surface area contributed by atoms with Gasteiger partial charge >= 0.3 is 0 Å². The summed E-state index contributed by atoms with van der Waals surface area (Å²) in [6.45, 7) is 2.72. The number of anilines is 1. The van der Waals surface area contributed by atoms with Crippen molar-refractivity contribution in [1.82, 2.24) is 0 Å². The summed E-state index contributed by atoms with van der Waals surface area (Å²) >= 11 is 3.34. The molecule has 0 spiro atoms. The van der Waals surface area contributed by atoms with Crippen molar-refractivity contribution in [3.63, 3.8) is 0 Å². The van der Waals surface area contributed by atoms with Crippen molar-refractivity contribution >= 4 is 21.6 Å². The van der Waals surface area contributed by atoms with Gasteiger partial charge in [-0.2, -0.15) is 5.26 Å². The van der Waals surface area contributed by atoms with E-state index in [0.29, 0.717) is 12.1 Å². The van der Waals surface area contributed by atoms with Crippen LogP contribution in [0.5, 0.6) is 0 Å². The number of halogens is 1. The molecule has 3 N–H and O–H groups in total. The van der Waals surface area contributed by atoms with Crippen LogP contribution in [-0.2, 0) is 0 Å². The smallest absolute Gasteiger partial charge is 0.103 e. The van der Waals surface area contributed by atoms with Gasteiger partial charge in [-0.25, -0.2) is 0 Å². The number of hydrogen-bond donors (Lipinski definition) is 2. The summed E-state index contributed by atoms with van der Waals surface area (Å²) in [5, 5.41) is 12.1. The quantitative estimate of drug-likeness (QED) is 0.881. The van der Waals surface area contributed by atoms with Crippen molar-refractivity contribution in [2.24, 2.45) is 5.73 Å². The first-order chi connectivity index (χ1) is 7.19.